The van der Waals surface area contributed by atoms with E-state index in [9.17, 15) is 13.2 Å². The molecule has 3 N–H and O–H groups in total. The summed E-state index contributed by atoms with van der Waals surface area (Å²) in [5.74, 6) is -0.142. The van der Waals surface area contributed by atoms with E-state index in [1.165, 1.54) is 6.07 Å². The Morgan fingerprint density at radius 2 is 2.05 bits per heavy atom. The molecule has 0 aliphatic rings. The zero-order valence-corrected chi connectivity index (χ0v) is 14.5. The predicted molar refractivity (Wildman–Crippen MR) is 84.7 cm³/mol. The van der Waals surface area contributed by atoms with E-state index in [1.54, 1.807) is 20.8 Å². The van der Waals surface area contributed by atoms with E-state index in [0.717, 1.165) is 6.26 Å². The maximum atomic E-state index is 11.6. The highest BCUT2D eigenvalue weighted by Gasteiger charge is 2.18. The zero-order valence-electron chi connectivity index (χ0n) is 12.9. The van der Waals surface area contributed by atoms with Crippen molar-refractivity contribution in [2.24, 2.45) is 0 Å². The molecule has 0 saturated carbocycles. The molecule has 0 aliphatic heterocycles. The highest BCUT2D eigenvalue weighted by atomic mass is 35.5. The Bertz CT molecular complexity index is 669. The summed E-state index contributed by atoms with van der Waals surface area (Å²) in [5, 5.41) is 2.67. The number of amides is 1. The Kier molecular flexibility index (Phi) is 5.64. The number of nitrogens with two attached hydrogens (primary N) is 1. The minimum atomic E-state index is -3.50. The van der Waals surface area contributed by atoms with Crippen LogP contribution in [0.4, 0.5) is 10.6 Å². The van der Waals surface area contributed by atoms with E-state index in [-0.39, 0.29) is 22.4 Å². The van der Waals surface area contributed by atoms with Crippen LogP contribution >= 0.6 is 11.6 Å². The molecule has 1 amide bonds. The lowest BCUT2D eigenvalue weighted by Crippen LogP contribution is -2.33. The largest absolute Gasteiger partial charge is 0.444 e. The molecular weight excluding hydrogens is 330 g/mol. The maximum absolute atomic E-state index is 11.6. The number of hydrogen-bond donors (Lipinski definition) is 2. The zero-order chi connectivity index (χ0) is 17.1. The van der Waals surface area contributed by atoms with Crippen molar-refractivity contribution in [1.82, 2.24) is 10.3 Å². The third-order valence-corrected chi connectivity index (χ3v) is 3.96. The SMILES string of the molecule is CC(C)(C)OC(=O)NCCc1cc(S(C)(=O)=O)c(N)nc1Cl. The molecule has 0 aliphatic carbocycles. The average molecular weight is 350 g/mol. The van der Waals surface area contributed by atoms with Gasteiger partial charge in [0.25, 0.3) is 0 Å². The molecule has 1 heterocycles. The van der Waals surface area contributed by atoms with Crippen molar-refractivity contribution in [1.29, 1.82) is 0 Å². The highest BCUT2D eigenvalue weighted by Crippen LogP contribution is 2.23. The second-order valence-corrected chi connectivity index (χ2v) is 8.11. The number of carbonyl (C=O) groups excluding carboxylic acids is 1. The molecule has 0 atom stereocenters. The first-order valence-corrected chi connectivity index (χ1v) is 8.79. The lowest BCUT2D eigenvalue weighted by Gasteiger charge is -2.19. The Balaban J connectivity index is 2.77. The van der Waals surface area contributed by atoms with Crippen LogP contribution in [0.1, 0.15) is 26.3 Å². The lowest BCUT2D eigenvalue weighted by atomic mass is 10.2. The fourth-order valence-electron chi connectivity index (χ4n) is 1.61. The molecule has 124 valence electrons. The molecule has 0 bridgehead atoms. The van der Waals surface area contributed by atoms with Gasteiger partial charge in [-0.2, -0.15) is 0 Å². The Morgan fingerprint density at radius 3 is 2.55 bits per heavy atom. The summed E-state index contributed by atoms with van der Waals surface area (Å²) in [6, 6.07) is 1.37. The number of hydrogen-bond acceptors (Lipinski definition) is 6. The number of nitrogen functional groups attached to an aromatic ring is 1. The number of aromatic nitrogens is 1. The van der Waals surface area contributed by atoms with Crippen LogP contribution in [0.3, 0.4) is 0 Å². The Morgan fingerprint density at radius 1 is 1.45 bits per heavy atom. The molecule has 1 aromatic rings. The number of rotatable bonds is 4. The molecular formula is C13H20ClN3O4S. The van der Waals surface area contributed by atoms with Crippen LogP contribution in [0.5, 0.6) is 0 Å². The van der Waals surface area contributed by atoms with E-state index in [4.69, 9.17) is 22.1 Å². The van der Waals surface area contributed by atoms with Crippen LogP contribution in [0, 0.1) is 0 Å². The fourth-order valence-corrected chi connectivity index (χ4v) is 2.63. The van der Waals surface area contributed by atoms with Crippen molar-refractivity contribution in [3.8, 4) is 0 Å². The number of halogens is 1. The maximum Gasteiger partial charge on any atom is 0.407 e. The van der Waals surface area contributed by atoms with Gasteiger partial charge in [-0.25, -0.2) is 18.2 Å². The topological polar surface area (TPSA) is 111 Å². The van der Waals surface area contributed by atoms with E-state index in [0.29, 0.717) is 12.0 Å². The van der Waals surface area contributed by atoms with Crippen molar-refractivity contribution < 1.29 is 17.9 Å². The smallest absolute Gasteiger partial charge is 0.407 e. The molecule has 0 unspecified atom stereocenters. The van der Waals surface area contributed by atoms with Gasteiger partial charge in [-0.1, -0.05) is 11.6 Å². The second-order valence-electron chi connectivity index (χ2n) is 5.77. The summed E-state index contributed by atoms with van der Waals surface area (Å²) in [6.45, 7) is 5.49. The first kappa shape index (κ1) is 18.5. The van der Waals surface area contributed by atoms with Gasteiger partial charge in [0.15, 0.2) is 9.84 Å². The van der Waals surface area contributed by atoms with Crippen LogP contribution in [-0.4, -0.2) is 37.9 Å². The number of nitrogens with one attached hydrogen (secondary N) is 1. The van der Waals surface area contributed by atoms with Gasteiger partial charge in [-0.15, -0.1) is 0 Å². The minimum absolute atomic E-state index is 0.0795. The van der Waals surface area contributed by atoms with Crippen LogP contribution in [0.2, 0.25) is 5.15 Å². The van der Waals surface area contributed by atoms with E-state index in [2.05, 4.69) is 10.3 Å². The first-order valence-electron chi connectivity index (χ1n) is 6.52. The second kappa shape index (κ2) is 6.70. The number of ether oxygens (including phenoxy) is 1. The summed E-state index contributed by atoms with van der Waals surface area (Å²) < 4.78 is 28.3. The molecule has 0 radical (unpaired) electrons. The third-order valence-electron chi connectivity index (χ3n) is 2.50. The molecule has 1 aromatic heterocycles. The van der Waals surface area contributed by atoms with Crippen LogP contribution < -0.4 is 11.1 Å². The van der Waals surface area contributed by atoms with Crippen LogP contribution in [0.15, 0.2) is 11.0 Å². The van der Waals surface area contributed by atoms with Gasteiger partial charge in [0.1, 0.15) is 21.5 Å². The summed E-state index contributed by atoms with van der Waals surface area (Å²) in [4.78, 5) is 15.3. The number of sulfone groups is 1. The predicted octanol–water partition coefficient (Wildman–Crippen LogP) is 1.79. The van der Waals surface area contributed by atoms with E-state index in [1.807, 2.05) is 0 Å². The Labute approximate surface area is 135 Å². The van der Waals surface area contributed by atoms with Crippen molar-refractivity contribution in [2.75, 3.05) is 18.5 Å². The van der Waals surface area contributed by atoms with Gasteiger partial charge in [0.05, 0.1) is 0 Å². The van der Waals surface area contributed by atoms with Gasteiger partial charge in [-0.05, 0) is 38.8 Å². The van der Waals surface area contributed by atoms with Gasteiger partial charge >= 0.3 is 6.09 Å². The number of anilines is 1. The van der Waals surface area contributed by atoms with E-state index >= 15 is 0 Å². The molecule has 7 nitrogen and oxygen atoms in total. The summed E-state index contributed by atoms with van der Waals surface area (Å²) >= 11 is 5.94. The normalized spacial score (nSPS) is 12.0. The van der Waals surface area contributed by atoms with Gasteiger partial charge < -0.3 is 15.8 Å². The van der Waals surface area contributed by atoms with Crippen LogP contribution in [-0.2, 0) is 21.0 Å². The molecule has 9 heteroatoms. The molecule has 0 fully saturated rings. The summed E-state index contributed by atoms with van der Waals surface area (Å²) in [5.41, 5.74) is 5.45. The molecule has 0 spiro atoms. The monoisotopic (exact) mass is 349 g/mol. The minimum Gasteiger partial charge on any atom is -0.444 e. The third kappa shape index (κ3) is 5.69. The number of pyridine rings is 1. The van der Waals surface area contributed by atoms with Gasteiger partial charge in [0, 0.05) is 12.8 Å². The van der Waals surface area contributed by atoms with Crippen molar-refractivity contribution in [3.63, 3.8) is 0 Å². The fraction of sp³-hybridized carbons (Fsp3) is 0.538. The van der Waals surface area contributed by atoms with Gasteiger partial charge in [0.2, 0.25) is 0 Å². The number of carbonyl (C=O) groups is 1. The van der Waals surface area contributed by atoms with Gasteiger partial charge in [-0.3, -0.25) is 0 Å². The summed E-state index contributed by atoms with van der Waals surface area (Å²) in [6.07, 6.45) is 0.778. The average Bonchev–Trinajstić information content (AvgIpc) is 2.27. The first-order chi connectivity index (χ1) is 9.90. The van der Waals surface area contributed by atoms with Crippen LogP contribution in [0.25, 0.3) is 0 Å². The van der Waals surface area contributed by atoms with E-state index < -0.39 is 21.5 Å². The van der Waals surface area contributed by atoms with Crippen molar-refractivity contribution >= 4 is 33.3 Å². The molecule has 0 aromatic carbocycles. The highest BCUT2D eigenvalue weighted by molar-refractivity contribution is 7.90. The molecule has 1 rings (SSSR count). The van der Waals surface area contributed by atoms with Crippen molar-refractivity contribution in [3.05, 3.63) is 16.8 Å². The molecule has 22 heavy (non-hydrogen) atoms. The quantitative estimate of drug-likeness (QED) is 0.801. The Hall–Kier alpha value is -1.54. The standard InChI is InChI=1S/C13H20ClN3O4S/c1-13(2,3)21-12(18)16-6-5-8-7-9(22(4,19)20)11(15)17-10(8)14/h7H,5-6H2,1-4H3,(H2,15,17)(H,16,18). The number of nitrogens with zero attached hydrogens (tertiary/aromatic N) is 1. The summed E-state index contributed by atoms with van der Waals surface area (Å²) in [7, 11) is -3.50. The number of alkyl carbamates (subject to hydrolysis) is 1. The lowest BCUT2D eigenvalue weighted by molar-refractivity contribution is 0.0528. The molecule has 0 saturated heterocycles. The van der Waals surface area contributed by atoms with Crippen molar-refractivity contribution in [2.45, 2.75) is 37.7 Å².